The molecule has 0 unspecified atom stereocenters. The van der Waals surface area contributed by atoms with Gasteiger partial charge in [-0.3, -0.25) is 9.69 Å². The third kappa shape index (κ3) is 3.14. The number of benzene rings is 1. The van der Waals surface area contributed by atoms with Gasteiger partial charge in [0.2, 0.25) is 0 Å². The summed E-state index contributed by atoms with van der Waals surface area (Å²) < 4.78 is 0. The topological polar surface area (TPSA) is 47.3 Å². The summed E-state index contributed by atoms with van der Waals surface area (Å²) in [6, 6.07) is 10.6. The van der Waals surface area contributed by atoms with Gasteiger partial charge in [0.1, 0.15) is 0 Å². The molecule has 1 amide bonds. The Kier molecular flexibility index (Phi) is 5.00. The van der Waals surface area contributed by atoms with Gasteiger partial charge in [0, 0.05) is 30.7 Å². The molecule has 3 aliphatic heterocycles. The molecule has 4 heteroatoms. The Morgan fingerprint density at radius 1 is 1.27 bits per heavy atom. The molecule has 3 aliphatic rings. The van der Waals surface area contributed by atoms with Gasteiger partial charge in [-0.1, -0.05) is 25.8 Å². The van der Waals surface area contributed by atoms with E-state index in [2.05, 4.69) is 22.8 Å². The Balaban J connectivity index is 1.57. The molecule has 0 saturated carbocycles. The predicted octanol–water partition coefficient (Wildman–Crippen LogP) is 3.67. The van der Waals surface area contributed by atoms with Crippen molar-refractivity contribution in [2.45, 2.75) is 57.5 Å². The quantitative estimate of drug-likeness (QED) is 0.835. The highest BCUT2D eigenvalue weighted by Crippen LogP contribution is 2.42. The molecule has 0 spiro atoms. The molecular weight excluding hydrogens is 322 g/mol. The first-order valence-electron chi connectivity index (χ1n) is 10.3. The summed E-state index contributed by atoms with van der Waals surface area (Å²) in [5, 5.41) is 9.13. The van der Waals surface area contributed by atoms with Crippen LogP contribution in [0, 0.1) is 23.2 Å². The van der Waals surface area contributed by atoms with Crippen LogP contribution in [0.25, 0.3) is 0 Å². The van der Waals surface area contributed by atoms with Crippen LogP contribution in [0.3, 0.4) is 0 Å². The van der Waals surface area contributed by atoms with Crippen LogP contribution in [0.15, 0.2) is 24.3 Å². The first-order valence-corrected chi connectivity index (χ1v) is 10.3. The highest BCUT2D eigenvalue weighted by Gasteiger charge is 2.47. The second-order valence-electron chi connectivity index (χ2n) is 8.32. The fourth-order valence-electron chi connectivity index (χ4n) is 5.67. The van der Waals surface area contributed by atoms with Gasteiger partial charge in [0.25, 0.3) is 5.91 Å². The molecule has 3 fully saturated rings. The maximum atomic E-state index is 13.1. The van der Waals surface area contributed by atoms with Crippen molar-refractivity contribution < 1.29 is 4.79 Å². The van der Waals surface area contributed by atoms with Crippen molar-refractivity contribution in [1.82, 2.24) is 9.80 Å². The van der Waals surface area contributed by atoms with Crippen molar-refractivity contribution >= 4 is 5.91 Å². The van der Waals surface area contributed by atoms with Gasteiger partial charge in [-0.2, -0.15) is 5.26 Å². The number of nitrogens with zero attached hydrogens (tertiary/aromatic N) is 3. The second kappa shape index (κ2) is 7.40. The zero-order valence-corrected chi connectivity index (χ0v) is 15.7. The van der Waals surface area contributed by atoms with Crippen molar-refractivity contribution in [2.24, 2.45) is 11.8 Å². The lowest BCUT2D eigenvalue weighted by atomic mass is 9.71. The molecule has 3 saturated heterocycles. The van der Waals surface area contributed by atoms with Gasteiger partial charge in [-0.05, 0) is 62.3 Å². The minimum atomic E-state index is 0.108. The van der Waals surface area contributed by atoms with Crippen LogP contribution >= 0.6 is 0 Å². The van der Waals surface area contributed by atoms with Crippen molar-refractivity contribution in [3.05, 3.63) is 35.4 Å². The molecule has 138 valence electrons. The van der Waals surface area contributed by atoms with Crippen LogP contribution in [0.5, 0.6) is 0 Å². The lowest BCUT2D eigenvalue weighted by Gasteiger charge is -2.57. The predicted molar refractivity (Wildman–Crippen MR) is 102 cm³/mol. The fraction of sp³-hybridized carbons (Fsp3) is 0.636. The summed E-state index contributed by atoms with van der Waals surface area (Å²) in [5.74, 6) is 1.33. The maximum Gasteiger partial charge on any atom is 0.253 e. The molecule has 26 heavy (non-hydrogen) atoms. The Bertz CT molecular complexity index is 710. The number of fused-ring (bicyclic) bond motifs is 4. The van der Waals surface area contributed by atoms with E-state index in [-0.39, 0.29) is 5.91 Å². The smallest absolute Gasteiger partial charge is 0.253 e. The highest BCUT2D eigenvalue weighted by molar-refractivity contribution is 5.94. The van der Waals surface area contributed by atoms with Crippen LogP contribution in [0.1, 0.15) is 61.4 Å². The second-order valence-corrected chi connectivity index (χ2v) is 8.32. The fourth-order valence-corrected chi connectivity index (χ4v) is 5.67. The van der Waals surface area contributed by atoms with Crippen molar-refractivity contribution in [3.63, 3.8) is 0 Å². The summed E-state index contributed by atoms with van der Waals surface area (Å²) >= 11 is 0. The van der Waals surface area contributed by atoms with Crippen LogP contribution in [-0.4, -0.2) is 47.4 Å². The molecule has 0 aliphatic carbocycles. The standard InChI is InChI=1S/C22H29N3O/c1-2-6-20-18-12-19(21-9-3-4-10-25(20)21)15-24(14-18)22(26)17-8-5-7-16(11-17)13-23/h5,7-8,11,18-21H,2-4,6,9-10,12,14-15H2,1H3/t18-,19+,20-,21-/m0/s1. The SMILES string of the molecule is CCC[C@H]1[C@H]2C[C@H](CN(C(=O)c3cccc(C#N)c3)C2)[C@@H]2CCCCN21. The number of likely N-dealkylation sites (tertiary alicyclic amines) is 1. The average Bonchev–Trinajstić information content (AvgIpc) is 2.70. The molecule has 0 aromatic heterocycles. The van der Waals surface area contributed by atoms with Crippen LogP contribution < -0.4 is 0 Å². The molecular formula is C22H29N3O. The Hall–Kier alpha value is -1.86. The Labute approximate surface area is 156 Å². The summed E-state index contributed by atoms with van der Waals surface area (Å²) in [5.41, 5.74) is 1.23. The van der Waals surface area contributed by atoms with E-state index in [1.807, 2.05) is 12.1 Å². The van der Waals surface area contributed by atoms with Gasteiger partial charge >= 0.3 is 0 Å². The molecule has 4 rings (SSSR count). The van der Waals surface area contributed by atoms with Crippen LogP contribution in [-0.2, 0) is 0 Å². The number of rotatable bonds is 3. The first kappa shape index (κ1) is 17.5. The number of carbonyl (C=O) groups excluding carboxylic acids is 1. The van der Waals surface area contributed by atoms with E-state index < -0.39 is 0 Å². The van der Waals surface area contributed by atoms with Gasteiger partial charge < -0.3 is 4.90 Å². The molecule has 1 aromatic carbocycles. The zero-order valence-electron chi connectivity index (χ0n) is 15.7. The molecule has 0 N–H and O–H groups in total. The summed E-state index contributed by atoms with van der Waals surface area (Å²) in [6.45, 7) is 5.29. The minimum Gasteiger partial charge on any atom is -0.338 e. The van der Waals surface area contributed by atoms with E-state index in [1.54, 1.807) is 12.1 Å². The zero-order chi connectivity index (χ0) is 18.1. The third-order valence-corrected chi connectivity index (χ3v) is 6.73. The molecule has 2 bridgehead atoms. The first-order chi connectivity index (χ1) is 12.7. The van der Waals surface area contributed by atoms with E-state index in [1.165, 1.54) is 45.1 Å². The van der Waals surface area contributed by atoms with Gasteiger partial charge in [0.15, 0.2) is 0 Å². The number of amides is 1. The van der Waals surface area contributed by atoms with Gasteiger partial charge in [-0.15, -0.1) is 0 Å². The highest BCUT2D eigenvalue weighted by atomic mass is 16.2. The lowest BCUT2D eigenvalue weighted by molar-refractivity contribution is -0.0670. The molecule has 4 nitrogen and oxygen atoms in total. The largest absolute Gasteiger partial charge is 0.338 e. The number of carbonyl (C=O) groups is 1. The Morgan fingerprint density at radius 3 is 2.92 bits per heavy atom. The normalized spacial score (nSPS) is 31.2. The molecule has 1 aromatic rings. The van der Waals surface area contributed by atoms with Crippen molar-refractivity contribution in [2.75, 3.05) is 19.6 Å². The van der Waals surface area contributed by atoms with Gasteiger partial charge in [0.05, 0.1) is 11.6 Å². The lowest BCUT2D eigenvalue weighted by Crippen LogP contribution is -2.64. The summed E-state index contributed by atoms with van der Waals surface area (Å²) in [7, 11) is 0. The number of hydrogen-bond donors (Lipinski definition) is 0. The molecule has 0 radical (unpaired) electrons. The monoisotopic (exact) mass is 351 g/mol. The van der Waals surface area contributed by atoms with Crippen molar-refractivity contribution in [1.29, 1.82) is 5.26 Å². The number of nitriles is 1. The summed E-state index contributed by atoms with van der Waals surface area (Å²) in [4.78, 5) is 18.0. The summed E-state index contributed by atoms with van der Waals surface area (Å²) in [6.07, 6.45) is 7.71. The Morgan fingerprint density at radius 2 is 2.12 bits per heavy atom. The van der Waals surface area contributed by atoms with Gasteiger partial charge in [-0.25, -0.2) is 0 Å². The molecule has 4 atom stereocenters. The van der Waals surface area contributed by atoms with E-state index >= 15 is 0 Å². The van der Waals surface area contributed by atoms with E-state index in [9.17, 15) is 4.79 Å². The minimum absolute atomic E-state index is 0.108. The van der Waals surface area contributed by atoms with Crippen molar-refractivity contribution in [3.8, 4) is 6.07 Å². The van der Waals surface area contributed by atoms with E-state index in [4.69, 9.17) is 5.26 Å². The van der Waals surface area contributed by atoms with E-state index in [0.717, 1.165) is 13.1 Å². The van der Waals surface area contributed by atoms with E-state index in [0.29, 0.717) is 35.0 Å². The van der Waals surface area contributed by atoms with Crippen LogP contribution in [0.2, 0.25) is 0 Å². The number of piperidine rings is 3. The number of hydrogen-bond acceptors (Lipinski definition) is 3. The van der Waals surface area contributed by atoms with Crippen LogP contribution in [0.4, 0.5) is 0 Å². The third-order valence-electron chi connectivity index (χ3n) is 6.73. The maximum absolute atomic E-state index is 13.1. The molecule has 3 heterocycles. The average molecular weight is 351 g/mol.